The minimum absolute atomic E-state index is 0.0391. The Morgan fingerprint density at radius 2 is 2.31 bits per heavy atom. The van der Waals surface area contributed by atoms with E-state index in [1.807, 2.05) is 14.0 Å². The van der Waals surface area contributed by atoms with Gasteiger partial charge in [-0.2, -0.15) is 0 Å². The molecule has 4 heteroatoms. The Hall–Kier alpha value is -0.610. The van der Waals surface area contributed by atoms with Gasteiger partial charge in [0.25, 0.3) is 0 Å². The second kappa shape index (κ2) is 7.63. The Labute approximate surface area is 98.1 Å². The highest BCUT2D eigenvalue weighted by atomic mass is 16.5. The van der Waals surface area contributed by atoms with Gasteiger partial charge in [-0.25, -0.2) is 0 Å². The van der Waals surface area contributed by atoms with E-state index >= 15 is 0 Å². The summed E-state index contributed by atoms with van der Waals surface area (Å²) in [6.45, 7) is 4.28. The second-order valence-electron chi connectivity index (χ2n) is 4.53. The third kappa shape index (κ3) is 4.94. The molecular weight excluding hydrogens is 204 g/mol. The highest BCUT2D eigenvalue weighted by Gasteiger charge is 2.15. The standard InChI is InChI=1S/C12H24N2O2/c1-10(9-13-2)12(15)14-7-6-11-5-3-4-8-16-11/h10-11,13H,3-9H2,1-2H3,(H,14,15). The predicted octanol–water partition coefficient (Wildman–Crippen LogP) is 0.917. The fraction of sp³-hybridized carbons (Fsp3) is 0.917. The SMILES string of the molecule is CNCC(C)C(=O)NCCC1CCCCO1. The number of rotatable bonds is 6. The van der Waals surface area contributed by atoms with Crippen LogP contribution in [0, 0.1) is 5.92 Å². The molecule has 0 aromatic carbocycles. The van der Waals surface area contributed by atoms with Crippen LogP contribution in [0.4, 0.5) is 0 Å². The quantitative estimate of drug-likeness (QED) is 0.710. The maximum absolute atomic E-state index is 11.6. The molecule has 2 N–H and O–H groups in total. The molecule has 0 radical (unpaired) electrons. The highest BCUT2D eigenvalue weighted by molar-refractivity contribution is 5.78. The van der Waals surface area contributed by atoms with Crippen LogP contribution in [0.1, 0.15) is 32.6 Å². The van der Waals surface area contributed by atoms with Gasteiger partial charge in [0.2, 0.25) is 5.91 Å². The van der Waals surface area contributed by atoms with Gasteiger partial charge in [0.1, 0.15) is 0 Å². The zero-order chi connectivity index (χ0) is 11.8. The van der Waals surface area contributed by atoms with E-state index in [0.29, 0.717) is 6.10 Å². The maximum Gasteiger partial charge on any atom is 0.224 e. The molecule has 1 aliphatic heterocycles. The summed E-state index contributed by atoms with van der Waals surface area (Å²) in [5, 5.41) is 5.96. The van der Waals surface area contributed by atoms with Crippen LogP contribution in [0.2, 0.25) is 0 Å². The smallest absolute Gasteiger partial charge is 0.224 e. The predicted molar refractivity (Wildman–Crippen MR) is 64.3 cm³/mol. The molecule has 94 valence electrons. The molecule has 1 heterocycles. The largest absolute Gasteiger partial charge is 0.378 e. The second-order valence-corrected chi connectivity index (χ2v) is 4.53. The van der Waals surface area contributed by atoms with Gasteiger partial charge in [-0.15, -0.1) is 0 Å². The first-order valence-corrected chi connectivity index (χ1v) is 6.28. The zero-order valence-electron chi connectivity index (χ0n) is 10.4. The van der Waals surface area contributed by atoms with E-state index in [9.17, 15) is 4.79 Å². The molecule has 1 saturated heterocycles. The van der Waals surface area contributed by atoms with Crippen molar-refractivity contribution >= 4 is 5.91 Å². The number of nitrogens with one attached hydrogen (secondary N) is 2. The van der Waals surface area contributed by atoms with E-state index in [1.54, 1.807) is 0 Å². The Bertz CT molecular complexity index is 203. The van der Waals surface area contributed by atoms with Gasteiger partial charge >= 0.3 is 0 Å². The number of ether oxygens (including phenoxy) is 1. The van der Waals surface area contributed by atoms with Crippen LogP contribution in [-0.4, -0.2) is 38.8 Å². The summed E-state index contributed by atoms with van der Waals surface area (Å²) in [6.07, 6.45) is 4.88. The summed E-state index contributed by atoms with van der Waals surface area (Å²) in [6, 6.07) is 0. The van der Waals surface area contributed by atoms with Gasteiger partial charge in [0.15, 0.2) is 0 Å². The molecule has 16 heavy (non-hydrogen) atoms. The summed E-state index contributed by atoms with van der Waals surface area (Å²) in [7, 11) is 1.86. The molecule has 0 aliphatic carbocycles. The molecule has 0 bridgehead atoms. The van der Waals surface area contributed by atoms with Crippen molar-refractivity contribution in [2.75, 3.05) is 26.7 Å². The Kier molecular flexibility index (Phi) is 6.42. The third-order valence-corrected chi connectivity index (χ3v) is 3.00. The van der Waals surface area contributed by atoms with Gasteiger partial charge in [0.05, 0.1) is 6.10 Å². The van der Waals surface area contributed by atoms with E-state index in [1.165, 1.54) is 12.8 Å². The fourth-order valence-electron chi connectivity index (χ4n) is 1.96. The first kappa shape index (κ1) is 13.5. The fourth-order valence-corrected chi connectivity index (χ4v) is 1.96. The van der Waals surface area contributed by atoms with E-state index in [2.05, 4.69) is 10.6 Å². The maximum atomic E-state index is 11.6. The minimum Gasteiger partial charge on any atom is -0.378 e. The van der Waals surface area contributed by atoms with Gasteiger partial charge < -0.3 is 15.4 Å². The Balaban J connectivity index is 2.07. The van der Waals surface area contributed by atoms with Crippen molar-refractivity contribution in [1.29, 1.82) is 0 Å². The lowest BCUT2D eigenvalue weighted by molar-refractivity contribution is -0.124. The number of amides is 1. The van der Waals surface area contributed by atoms with E-state index in [0.717, 1.165) is 32.5 Å². The summed E-state index contributed by atoms with van der Waals surface area (Å²) in [5.41, 5.74) is 0. The molecule has 0 spiro atoms. The topological polar surface area (TPSA) is 50.4 Å². The van der Waals surface area contributed by atoms with Crippen LogP contribution in [0.25, 0.3) is 0 Å². The first-order chi connectivity index (χ1) is 7.74. The summed E-state index contributed by atoms with van der Waals surface area (Å²) >= 11 is 0. The lowest BCUT2D eigenvalue weighted by atomic mass is 10.1. The van der Waals surface area contributed by atoms with Crippen LogP contribution < -0.4 is 10.6 Å². The highest BCUT2D eigenvalue weighted by Crippen LogP contribution is 2.14. The van der Waals surface area contributed by atoms with Crippen molar-refractivity contribution in [3.63, 3.8) is 0 Å². The molecule has 2 unspecified atom stereocenters. The van der Waals surface area contributed by atoms with Crippen LogP contribution in [0.15, 0.2) is 0 Å². The number of hydrogen-bond acceptors (Lipinski definition) is 3. The monoisotopic (exact) mass is 228 g/mol. The summed E-state index contributed by atoms with van der Waals surface area (Å²) in [4.78, 5) is 11.6. The zero-order valence-corrected chi connectivity index (χ0v) is 10.4. The number of carbonyl (C=O) groups excluding carboxylic acids is 1. The average Bonchev–Trinajstić information content (AvgIpc) is 2.30. The molecule has 4 nitrogen and oxygen atoms in total. The number of carbonyl (C=O) groups is 1. The molecule has 1 rings (SSSR count). The molecule has 0 saturated carbocycles. The number of hydrogen-bond donors (Lipinski definition) is 2. The van der Waals surface area contributed by atoms with Crippen molar-refractivity contribution in [2.24, 2.45) is 5.92 Å². The van der Waals surface area contributed by atoms with Crippen molar-refractivity contribution in [3.05, 3.63) is 0 Å². The normalized spacial score (nSPS) is 22.8. The molecule has 0 aromatic rings. The van der Waals surface area contributed by atoms with E-state index in [4.69, 9.17) is 4.74 Å². The third-order valence-electron chi connectivity index (χ3n) is 3.00. The van der Waals surface area contributed by atoms with Crippen molar-refractivity contribution in [3.8, 4) is 0 Å². The van der Waals surface area contributed by atoms with Crippen molar-refractivity contribution in [2.45, 2.75) is 38.7 Å². The Morgan fingerprint density at radius 1 is 1.50 bits per heavy atom. The lowest BCUT2D eigenvalue weighted by Gasteiger charge is -2.22. The average molecular weight is 228 g/mol. The van der Waals surface area contributed by atoms with Gasteiger partial charge in [0, 0.05) is 25.6 Å². The molecule has 2 atom stereocenters. The van der Waals surface area contributed by atoms with E-state index < -0.39 is 0 Å². The summed E-state index contributed by atoms with van der Waals surface area (Å²) < 4.78 is 5.60. The van der Waals surface area contributed by atoms with Crippen molar-refractivity contribution < 1.29 is 9.53 Å². The van der Waals surface area contributed by atoms with Crippen molar-refractivity contribution in [1.82, 2.24) is 10.6 Å². The van der Waals surface area contributed by atoms with Crippen LogP contribution in [0.5, 0.6) is 0 Å². The van der Waals surface area contributed by atoms with E-state index in [-0.39, 0.29) is 11.8 Å². The lowest BCUT2D eigenvalue weighted by Crippen LogP contribution is -2.36. The summed E-state index contributed by atoms with van der Waals surface area (Å²) in [5.74, 6) is 0.169. The molecular formula is C12H24N2O2. The molecule has 0 aromatic heterocycles. The Morgan fingerprint density at radius 3 is 2.94 bits per heavy atom. The van der Waals surface area contributed by atoms with Gasteiger partial charge in [-0.3, -0.25) is 4.79 Å². The van der Waals surface area contributed by atoms with Gasteiger partial charge in [-0.05, 0) is 32.7 Å². The van der Waals surface area contributed by atoms with Crippen LogP contribution >= 0.6 is 0 Å². The van der Waals surface area contributed by atoms with Crippen LogP contribution in [0.3, 0.4) is 0 Å². The first-order valence-electron chi connectivity index (χ1n) is 6.28. The minimum atomic E-state index is 0.0391. The van der Waals surface area contributed by atoms with Gasteiger partial charge in [-0.1, -0.05) is 6.92 Å². The molecule has 1 fully saturated rings. The molecule has 1 amide bonds. The van der Waals surface area contributed by atoms with Crippen LogP contribution in [-0.2, 0) is 9.53 Å². The molecule has 1 aliphatic rings.